The molecule has 1 N–H and O–H groups in total. The number of nitrogens with zero attached hydrogens (tertiary/aromatic N) is 1. The summed E-state index contributed by atoms with van der Waals surface area (Å²) < 4.78 is 0. The summed E-state index contributed by atoms with van der Waals surface area (Å²) in [5.41, 5.74) is 0.931. The number of aliphatic carboxylic acids is 1. The lowest BCUT2D eigenvalue weighted by molar-refractivity contribution is -0.138. The van der Waals surface area contributed by atoms with E-state index in [0.717, 1.165) is 31.5 Å². The van der Waals surface area contributed by atoms with Crippen molar-refractivity contribution in [1.82, 2.24) is 4.90 Å². The Morgan fingerprint density at radius 2 is 2.00 bits per heavy atom. The van der Waals surface area contributed by atoms with Crippen molar-refractivity contribution in [3.05, 3.63) is 34.9 Å². The molecule has 1 aliphatic rings. The Labute approximate surface area is 129 Å². The zero-order valence-electron chi connectivity index (χ0n) is 11.9. The Kier molecular flexibility index (Phi) is 5.62. The Bertz CT molecular complexity index is 510. The summed E-state index contributed by atoms with van der Waals surface area (Å²) in [5.74, 6) is -0.195. The van der Waals surface area contributed by atoms with Crippen molar-refractivity contribution in [2.24, 2.45) is 5.92 Å². The molecule has 4 nitrogen and oxygen atoms in total. The van der Waals surface area contributed by atoms with Crippen LogP contribution in [0.4, 0.5) is 0 Å². The van der Waals surface area contributed by atoms with E-state index >= 15 is 0 Å². The van der Waals surface area contributed by atoms with Crippen LogP contribution in [-0.2, 0) is 16.0 Å². The van der Waals surface area contributed by atoms with Gasteiger partial charge < -0.3 is 10.0 Å². The van der Waals surface area contributed by atoms with Gasteiger partial charge in [-0.2, -0.15) is 0 Å². The number of rotatable bonds is 5. The van der Waals surface area contributed by atoms with Crippen molar-refractivity contribution in [1.29, 1.82) is 0 Å². The second-order valence-corrected chi connectivity index (χ2v) is 6.00. The summed E-state index contributed by atoms with van der Waals surface area (Å²) in [6.07, 6.45) is 3.11. The Hall–Kier alpha value is -1.55. The molecule has 1 saturated heterocycles. The number of carbonyl (C=O) groups is 2. The molecule has 1 heterocycles. The predicted octanol–water partition coefficient (Wildman–Crippen LogP) is 2.99. The molecular weight excluding hydrogens is 290 g/mol. The minimum Gasteiger partial charge on any atom is -0.481 e. The van der Waals surface area contributed by atoms with E-state index in [2.05, 4.69) is 0 Å². The van der Waals surface area contributed by atoms with Crippen LogP contribution in [0.1, 0.15) is 31.2 Å². The molecule has 0 radical (unpaired) electrons. The average molecular weight is 310 g/mol. The molecule has 0 saturated carbocycles. The van der Waals surface area contributed by atoms with Gasteiger partial charge in [0.25, 0.3) is 0 Å². The SMILES string of the molecule is O=C(O)CCC1CCN(C(=O)Cc2cccc(Cl)c2)CC1. The first-order valence-electron chi connectivity index (χ1n) is 7.28. The smallest absolute Gasteiger partial charge is 0.303 e. The molecule has 1 aromatic rings. The molecule has 1 aromatic carbocycles. The molecular formula is C16H20ClNO3. The second kappa shape index (κ2) is 7.46. The van der Waals surface area contributed by atoms with E-state index in [1.807, 2.05) is 23.1 Å². The minimum atomic E-state index is -0.741. The van der Waals surface area contributed by atoms with Crippen LogP contribution in [0.2, 0.25) is 5.02 Å². The van der Waals surface area contributed by atoms with Crippen molar-refractivity contribution in [3.8, 4) is 0 Å². The van der Waals surface area contributed by atoms with Gasteiger partial charge in [0.1, 0.15) is 0 Å². The standard InChI is InChI=1S/C16H20ClNO3/c17-14-3-1-2-13(10-14)11-15(19)18-8-6-12(7-9-18)4-5-16(20)21/h1-3,10,12H,4-9,11H2,(H,20,21). The molecule has 1 amide bonds. The zero-order chi connectivity index (χ0) is 15.2. The van der Waals surface area contributed by atoms with Crippen LogP contribution < -0.4 is 0 Å². The van der Waals surface area contributed by atoms with E-state index < -0.39 is 5.97 Å². The third kappa shape index (κ3) is 5.05. The predicted molar refractivity (Wildman–Crippen MR) is 81.3 cm³/mol. The molecule has 0 unspecified atom stereocenters. The lowest BCUT2D eigenvalue weighted by Crippen LogP contribution is -2.39. The summed E-state index contributed by atoms with van der Waals surface area (Å²) in [6, 6.07) is 7.37. The van der Waals surface area contributed by atoms with Crippen molar-refractivity contribution < 1.29 is 14.7 Å². The highest BCUT2D eigenvalue weighted by Crippen LogP contribution is 2.22. The lowest BCUT2D eigenvalue weighted by Gasteiger charge is -2.32. The third-order valence-electron chi connectivity index (χ3n) is 3.98. The average Bonchev–Trinajstić information content (AvgIpc) is 2.45. The number of hydrogen-bond acceptors (Lipinski definition) is 2. The van der Waals surface area contributed by atoms with Crippen LogP contribution >= 0.6 is 11.6 Å². The maximum Gasteiger partial charge on any atom is 0.303 e. The van der Waals surface area contributed by atoms with E-state index in [1.165, 1.54) is 0 Å². The molecule has 0 spiro atoms. The maximum atomic E-state index is 12.2. The van der Waals surface area contributed by atoms with Gasteiger partial charge in [0.2, 0.25) is 5.91 Å². The van der Waals surface area contributed by atoms with Gasteiger partial charge in [-0.05, 0) is 42.9 Å². The number of piperidine rings is 1. The number of halogens is 1. The first kappa shape index (κ1) is 15.8. The van der Waals surface area contributed by atoms with Crippen molar-refractivity contribution >= 4 is 23.5 Å². The summed E-state index contributed by atoms with van der Waals surface area (Å²) >= 11 is 5.92. The molecule has 21 heavy (non-hydrogen) atoms. The van der Waals surface area contributed by atoms with Crippen LogP contribution in [0.5, 0.6) is 0 Å². The third-order valence-corrected chi connectivity index (χ3v) is 4.21. The molecule has 0 aromatic heterocycles. The van der Waals surface area contributed by atoms with Crippen LogP contribution in [0.15, 0.2) is 24.3 Å². The van der Waals surface area contributed by atoms with Gasteiger partial charge >= 0.3 is 5.97 Å². The van der Waals surface area contributed by atoms with Crippen LogP contribution in [0, 0.1) is 5.92 Å². The highest BCUT2D eigenvalue weighted by atomic mass is 35.5. The molecule has 0 bridgehead atoms. The fraction of sp³-hybridized carbons (Fsp3) is 0.500. The number of carboxylic acid groups (broad SMARTS) is 1. The van der Waals surface area contributed by atoms with Gasteiger partial charge in [-0.25, -0.2) is 0 Å². The van der Waals surface area contributed by atoms with E-state index in [4.69, 9.17) is 16.7 Å². The molecule has 1 fully saturated rings. The van der Waals surface area contributed by atoms with Crippen LogP contribution in [0.3, 0.4) is 0 Å². The number of carboxylic acids is 1. The van der Waals surface area contributed by atoms with Gasteiger partial charge in [-0.1, -0.05) is 23.7 Å². The summed E-state index contributed by atoms with van der Waals surface area (Å²) in [6.45, 7) is 1.45. The van der Waals surface area contributed by atoms with Crippen LogP contribution in [0.25, 0.3) is 0 Å². The Morgan fingerprint density at radius 3 is 2.62 bits per heavy atom. The van der Waals surface area contributed by atoms with E-state index in [9.17, 15) is 9.59 Å². The topological polar surface area (TPSA) is 57.6 Å². The largest absolute Gasteiger partial charge is 0.481 e. The molecule has 5 heteroatoms. The monoisotopic (exact) mass is 309 g/mol. The molecule has 1 aliphatic heterocycles. The normalized spacial score (nSPS) is 16.0. The lowest BCUT2D eigenvalue weighted by atomic mass is 9.92. The first-order valence-corrected chi connectivity index (χ1v) is 7.66. The van der Waals surface area contributed by atoms with Crippen LogP contribution in [-0.4, -0.2) is 35.0 Å². The number of likely N-dealkylation sites (tertiary alicyclic amines) is 1. The number of benzene rings is 1. The summed E-state index contributed by atoms with van der Waals surface area (Å²) in [4.78, 5) is 24.7. The fourth-order valence-corrected chi connectivity index (χ4v) is 2.94. The first-order chi connectivity index (χ1) is 10.0. The maximum absolute atomic E-state index is 12.2. The Balaban J connectivity index is 1.79. The molecule has 0 atom stereocenters. The summed E-state index contributed by atoms with van der Waals surface area (Å²) in [5, 5.41) is 9.34. The zero-order valence-corrected chi connectivity index (χ0v) is 12.7. The van der Waals surface area contributed by atoms with Gasteiger partial charge in [0.15, 0.2) is 0 Å². The minimum absolute atomic E-state index is 0.119. The van der Waals surface area contributed by atoms with Crippen molar-refractivity contribution in [2.75, 3.05) is 13.1 Å². The highest BCUT2D eigenvalue weighted by molar-refractivity contribution is 6.30. The number of amides is 1. The van der Waals surface area contributed by atoms with Gasteiger partial charge in [0, 0.05) is 24.5 Å². The van der Waals surface area contributed by atoms with E-state index in [0.29, 0.717) is 23.8 Å². The van der Waals surface area contributed by atoms with Gasteiger partial charge in [0.05, 0.1) is 6.42 Å². The van der Waals surface area contributed by atoms with E-state index in [-0.39, 0.29) is 12.3 Å². The van der Waals surface area contributed by atoms with Crippen molar-refractivity contribution in [3.63, 3.8) is 0 Å². The second-order valence-electron chi connectivity index (χ2n) is 5.56. The van der Waals surface area contributed by atoms with Gasteiger partial charge in [-0.3, -0.25) is 9.59 Å². The van der Waals surface area contributed by atoms with E-state index in [1.54, 1.807) is 6.07 Å². The number of hydrogen-bond donors (Lipinski definition) is 1. The van der Waals surface area contributed by atoms with Crippen molar-refractivity contribution in [2.45, 2.75) is 32.1 Å². The number of carbonyl (C=O) groups excluding carboxylic acids is 1. The summed E-state index contributed by atoms with van der Waals surface area (Å²) in [7, 11) is 0. The Morgan fingerprint density at radius 1 is 1.29 bits per heavy atom. The molecule has 2 rings (SSSR count). The molecule has 114 valence electrons. The van der Waals surface area contributed by atoms with Gasteiger partial charge in [-0.15, -0.1) is 0 Å². The fourth-order valence-electron chi connectivity index (χ4n) is 2.73. The quantitative estimate of drug-likeness (QED) is 0.909. The molecule has 0 aliphatic carbocycles. The highest BCUT2D eigenvalue weighted by Gasteiger charge is 2.23.